The second-order valence-corrected chi connectivity index (χ2v) is 5.95. The number of hydrogen-bond acceptors (Lipinski definition) is 6. The predicted octanol–water partition coefficient (Wildman–Crippen LogP) is 2.83. The fourth-order valence-electron chi connectivity index (χ4n) is 2.16. The van der Waals surface area contributed by atoms with E-state index in [1.165, 1.54) is 16.4 Å². The third-order valence-electron chi connectivity index (χ3n) is 3.44. The van der Waals surface area contributed by atoms with Gasteiger partial charge in [-0.15, -0.1) is 10.2 Å². The van der Waals surface area contributed by atoms with Crippen molar-refractivity contribution >= 4 is 11.8 Å². The number of nitrogens with two attached hydrogens (primary N) is 1. The first-order chi connectivity index (χ1) is 11.7. The van der Waals surface area contributed by atoms with Crippen LogP contribution in [-0.4, -0.2) is 22.0 Å². The summed E-state index contributed by atoms with van der Waals surface area (Å²) in [7, 11) is 1.62. The van der Waals surface area contributed by atoms with Gasteiger partial charge in [-0.3, -0.25) is 0 Å². The molecule has 0 fully saturated rings. The molecule has 0 saturated heterocycles. The Balaban J connectivity index is 1.75. The Bertz CT molecular complexity index is 883. The number of hydrogen-bond donors (Lipinski definition) is 1. The minimum absolute atomic E-state index is 0.580. The molecule has 0 bridgehead atoms. The molecular formula is C17H15N5OS. The van der Waals surface area contributed by atoms with E-state index in [2.05, 4.69) is 16.3 Å². The van der Waals surface area contributed by atoms with Crippen molar-refractivity contribution in [3.8, 4) is 23.2 Å². The van der Waals surface area contributed by atoms with Gasteiger partial charge in [-0.2, -0.15) is 5.26 Å². The van der Waals surface area contributed by atoms with E-state index in [4.69, 9.17) is 15.8 Å². The molecule has 0 unspecified atom stereocenters. The van der Waals surface area contributed by atoms with Gasteiger partial charge in [-0.25, -0.2) is 4.68 Å². The SMILES string of the molecule is COc1cccc(-c2nnc(SCc3ccc(C#N)cc3)n2N)c1. The third-order valence-corrected chi connectivity index (χ3v) is 4.46. The molecule has 0 spiro atoms. The molecule has 6 nitrogen and oxygen atoms in total. The zero-order valence-corrected chi connectivity index (χ0v) is 13.8. The summed E-state index contributed by atoms with van der Waals surface area (Å²) >= 11 is 1.49. The van der Waals surface area contributed by atoms with Crippen LogP contribution in [-0.2, 0) is 5.75 Å². The van der Waals surface area contributed by atoms with Crippen molar-refractivity contribution in [1.82, 2.24) is 14.9 Å². The highest BCUT2D eigenvalue weighted by atomic mass is 32.2. The standard InChI is InChI=1S/C17H15N5OS/c1-23-15-4-2-3-14(9-15)16-20-21-17(22(16)19)24-11-13-7-5-12(10-18)6-8-13/h2-9H,11,19H2,1H3. The minimum atomic E-state index is 0.580. The zero-order valence-electron chi connectivity index (χ0n) is 13.0. The van der Waals surface area contributed by atoms with Gasteiger partial charge in [0.1, 0.15) is 5.75 Å². The van der Waals surface area contributed by atoms with Gasteiger partial charge in [0.05, 0.1) is 18.7 Å². The van der Waals surface area contributed by atoms with E-state index < -0.39 is 0 Å². The Morgan fingerprint density at radius 1 is 1.21 bits per heavy atom. The van der Waals surface area contributed by atoms with E-state index in [-0.39, 0.29) is 0 Å². The van der Waals surface area contributed by atoms with Gasteiger partial charge in [-0.05, 0) is 29.8 Å². The molecule has 0 aliphatic rings. The number of thioether (sulfide) groups is 1. The maximum absolute atomic E-state index is 8.82. The summed E-state index contributed by atoms with van der Waals surface area (Å²) in [6.45, 7) is 0. The largest absolute Gasteiger partial charge is 0.497 e. The molecule has 120 valence electrons. The quantitative estimate of drug-likeness (QED) is 0.569. The average Bonchev–Trinajstić information content (AvgIpc) is 3.01. The molecule has 1 heterocycles. The fraction of sp³-hybridized carbons (Fsp3) is 0.118. The summed E-state index contributed by atoms with van der Waals surface area (Å²) in [4.78, 5) is 0. The van der Waals surface area contributed by atoms with Crippen molar-refractivity contribution in [3.63, 3.8) is 0 Å². The molecule has 1 aromatic heterocycles. The number of aromatic nitrogens is 3. The molecule has 3 aromatic rings. The lowest BCUT2D eigenvalue weighted by molar-refractivity contribution is 0.415. The Labute approximate surface area is 143 Å². The minimum Gasteiger partial charge on any atom is -0.497 e. The number of methoxy groups -OCH3 is 1. The van der Waals surface area contributed by atoms with Crippen LogP contribution in [0, 0.1) is 11.3 Å². The van der Waals surface area contributed by atoms with Crippen molar-refractivity contribution in [2.45, 2.75) is 10.9 Å². The lowest BCUT2D eigenvalue weighted by Gasteiger charge is -2.05. The van der Waals surface area contributed by atoms with Crippen molar-refractivity contribution < 1.29 is 4.74 Å². The van der Waals surface area contributed by atoms with Crippen LogP contribution in [0.3, 0.4) is 0 Å². The van der Waals surface area contributed by atoms with Gasteiger partial charge < -0.3 is 10.6 Å². The van der Waals surface area contributed by atoms with Crippen molar-refractivity contribution in [2.24, 2.45) is 0 Å². The van der Waals surface area contributed by atoms with Gasteiger partial charge in [0.2, 0.25) is 5.16 Å². The van der Waals surface area contributed by atoms with Crippen LogP contribution in [0.15, 0.2) is 53.7 Å². The second-order valence-electron chi connectivity index (χ2n) is 5.01. The summed E-state index contributed by atoms with van der Waals surface area (Å²) in [5.41, 5.74) is 2.57. The molecule has 24 heavy (non-hydrogen) atoms. The first-order valence-electron chi connectivity index (χ1n) is 7.18. The first kappa shape index (κ1) is 15.9. The van der Waals surface area contributed by atoms with Crippen LogP contribution in [0.2, 0.25) is 0 Å². The molecule has 0 amide bonds. The zero-order chi connectivity index (χ0) is 16.9. The van der Waals surface area contributed by atoms with E-state index in [0.717, 1.165) is 16.9 Å². The van der Waals surface area contributed by atoms with Crippen LogP contribution < -0.4 is 10.6 Å². The summed E-state index contributed by atoms with van der Waals surface area (Å²) in [5, 5.41) is 17.8. The smallest absolute Gasteiger partial charge is 0.210 e. The number of nitrogens with zero attached hydrogens (tertiary/aromatic N) is 4. The highest BCUT2D eigenvalue weighted by molar-refractivity contribution is 7.98. The fourth-order valence-corrected chi connectivity index (χ4v) is 2.97. The highest BCUT2D eigenvalue weighted by Crippen LogP contribution is 2.26. The lowest BCUT2D eigenvalue weighted by atomic mass is 10.2. The van der Waals surface area contributed by atoms with Crippen molar-refractivity contribution in [1.29, 1.82) is 5.26 Å². The second kappa shape index (κ2) is 7.06. The molecule has 0 aliphatic heterocycles. The highest BCUT2D eigenvalue weighted by Gasteiger charge is 2.13. The number of nitrogen functional groups attached to an aromatic ring is 1. The van der Waals surface area contributed by atoms with Crippen LogP contribution in [0.5, 0.6) is 5.75 Å². The first-order valence-corrected chi connectivity index (χ1v) is 8.16. The Morgan fingerprint density at radius 3 is 2.71 bits per heavy atom. The molecule has 0 aliphatic carbocycles. The van der Waals surface area contributed by atoms with E-state index in [0.29, 0.717) is 22.3 Å². The number of nitriles is 1. The van der Waals surface area contributed by atoms with E-state index >= 15 is 0 Å². The van der Waals surface area contributed by atoms with Gasteiger partial charge in [0, 0.05) is 11.3 Å². The maximum atomic E-state index is 8.82. The summed E-state index contributed by atoms with van der Waals surface area (Å²) in [5.74, 6) is 8.14. The van der Waals surface area contributed by atoms with Crippen molar-refractivity contribution in [3.05, 3.63) is 59.7 Å². The summed E-state index contributed by atoms with van der Waals surface area (Å²) < 4.78 is 6.70. The van der Waals surface area contributed by atoms with Crippen LogP contribution in [0.1, 0.15) is 11.1 Å². The monoisotopic (exact) mass is 337 g/mol. The number of ether oxygens (including phenoxy) is 1. The van der Waals surface area contributed by atoms with E-state index in [1.807, 2.05) is 36.4 Å². The number of benzene rings is 2. The van der Waals surface area contributed by atoms with Crippen LogP contribution >= 0.6 is 11.8 Å². The maximum Gasteiger partial charge on any atom is 0.210 e. The van der Waals surface area contributed by atoms with Crippen LogP contribution in [0.25, 0.3) is 11.4 Å². The van der Waals surface area contributed by atoms with Gasteiger partial charge in [0.15, 0.2) is 5.82 Å². The predicted molar refractivity (Wildman–Crippen MR) is 92.9 cm³/mol. The Morgan fingerprint density at radius 2 is 2.00 bits per heavy atom. The van der Waals surface area contributed by atoms with E-state index in [9.17, 15) is 0 Å². The molecular weight excluding hydrogens is 322 g/mol. The molecule has 2 aromatic carbocycles. The molecule has 0 atom stereocenters. The molecule has 7 heteroatoms. The van der Waals surface area contributed by atoms with Crippen molar-refractivity contribution in [2.75, 3.05) is 13.0 Å². The van der Waals surface area contributed by atoms with Gasteiger partial charge in [-0.1, -0.05) is 36.0 Å². The Kier molecular flexibility index (Phi) is 4.68. The van der Waals surface area contributed by atoms with Gasteiger partial charge >= 0.3 is 0 Å². The summed E-state index contributed by atoms with van der Waals surface area (Å²) in [6.07, 6.45) is 0. The average molecular weight is 337 g/mol. The number of rotatable bonds is 5. The molecule has 3 rings (SSSR count). The molecule has 0 saturated carbocycles. The lowest BCUT2D eigenvalue weighted by Crippen LogP contribution is -2.11. The summed E-state index contributed by atoms with van der Waals surface area (Å²) in [6, 6.07) is 17.1. The topological polar surface area (TPSA) is 89.8 Å². The van der Waals surface area contributed by atoms with E-state index in [1.54, 1.807) is 19.2 Å². The normalized spacial score (nSPS) is 10.3. The van der Waals surface area contributed by atoms with Crippen LogP contribution in [0.4, 0.5) is 0 Å². The molecule has 0 radical (unpaired) electrons. The van der Waals surface area contributed by atoms with Gasteiger partial charge in [0.25, 0.3) is 0 Å². The molecule has 2 N–H and O–H groups in total. The third kappa shape index (κ3) is 3.34. The Hall–Kier alpha value is -2.98.